The first-order valence-electron chi connectivity index (χ1n) is 11.9. The van der Waals surface area contributed by atoms with E-state index in [-0.39, 0.29) is 42.8 Å². The van der Waals surface area contributed by atoms with E-state index in [0.29, 0.717) is 5.75 Å². The Bertz CT molecular complexity index is 1420. The van der Waals surface area contributed by atoms with Crippen molar-refractivity contribution in [2.45, 2.75) is 44.2 Å². The number of aromatic nitrogens is 1. The third-order valence-electron chi connectivity index (χ3n) is 6.23. The zero-order valence-electron chi connectivity index (χ0n) is 20.9. The van der Waals surface area contributed by atoms with Crippen molar-refractivity contribution in [3.63, 3.8) is 0 Å². The van der Waals surface area contributed by atoms with Crippen LogP contribution in [0.25, 0.3) is 10.9 Å². The maximum atomic E-state index is 13.1. The van der Waals surface area contributed by atoms with E-state index in [4.69, 9.17) is 9.94 Å². The van der Waals surface area contributed by atoms with Crippen LogP contribution in [0.2, 0.25) is 0 Å². The summed E-state index contributed by atoms with van der Waals surface area (Å²) in [7, 11) is -4.03. The molecule has 37 heavy (non-hydrogen) atoms. The highest BCUT2D eigenvalue weighted by atomic mass is 32.2. The van der Waals surface area contributed by atoms with Crippen molar-refractivity contribution in [3.8, 4) is 5.75 Å². The number of fused-ring (bicyclic) bond motifs is 1. The molecule has 0 radical (unpaired) electrons. The molecule has 4 rings (SSSR count). The molecule has 1 aromatic heterocycles. The molecule has 1 aliphatic heterocycles. The van der Waals surface area contributed by atoms with Gasteiger partial charge in [0.1, 0.15) is 12.4 Å². The molecule has 0 aliphatic carbocycles. The van der Waals surface area contributed by atoms with Crippen molar-refractivity contribution in [3.05, 3.63) is 65.9 Å². The topological polar surface area (TPSA) is 138 Å². The normalized spacial score (nSPS) is 14.9. The minimum atomic E-state index is -4.03. The molecule has 3 aromatic rings. The summed E-state index contributed by atoms with van der Waals surface area (Å²) in [5.41, 5.74) is 3.04. The minimum Gasteiger partial charge on any atom is -0.489 e. The molecular weight excluding hydrogens is 496 g/mol. The van der Waals surface area contributed by atoms with Gasteiger partial charge in [-0.25, -0.2) is 18.6 Å². The van der Waals surface area contributed by atoms with Crippen LogP contribution in [0.1, 0.15) is 31.5 Å². The van der Waals surface area contributed by atoms with E-state index < -0.39 is 21.5 Å². The fourth-order valence-electron chi connectivity index (χ4n) is 4.50. The first-order valence-corrected chi connectivity index (χ1v) is 13.3. The molecule has 1 saturated heterocycles. The molecule has 2 aromatic carbocycles. The Morgan fingerprint density at radius 2 is 1.81 bits per heavy atom. The number of carbonyl (C=O) groups is 2. The van der Waals surface area contributed by atoms with Crippen LogP contribution in [0.4, 0.5) is 0 Å². The number of para-hydroxylation sites is 1. The monoisotopic (exact) mass is 526 g/mol. The van der Waals surface area contributed by atoms with E-state index in [1.54, 1.807) is 26.0 Å². The van der Waals surface area contributed by atoms with Crippen LogP contribution in [0, 0.1) is 12.8 Å². The summed E-state index contributed by atoms with van der Waals surface area (Å²) in [6, 6.07) is 15.7. The van der Waals surface area contributed by atoms with Crippen LogP contribution >= 0.6 is 0 Å². The van der Waals surface area contributed by atoms with E-state index in [1.165, 1.54) is 22.5 Å². The standard InChI is InChI=1S/C26H30N4O6S/c1-17(2)25(32)30-15-26(16-30,13-24(31)28-33)29-37(34,35)21-10-8-20(9-11-21)36-14-19-12-18(3)27-23-7-5-4-6-22(19)23/h4-12,17,29,33H,13-16H2,1-3H3,(H,28,31). The number of nitrogens with zero attached hydrogens (tertiary/aromatic N) is 2. The Labute approximate surface area is 215 Å². The van der Waals surface area contributed by atoms with Crippen molar-refractivity contribution in [2.24, 2.45) is 5.92 Å². The second-order valence-corrected chi connectivity index (χ2v) is 11.3. The number of aryl methyl sites for hydroxylation is 1. The maximum Gasteiger partial charge on any atom is 0.245 e. The Hall–Kier alpha value is -3.54. The fraction of sp³-hybridized carbons (Fsp3) is 0.346. The lowest BCUT2D eigenvalue weighted by Gasteiger charge is -2.50. The van der Waals surface area contributed by atoms with Crippen LogP contribution in [0.5, 0.6) is 5.75 Å². The number of likely N-dealkylation sites (tertiary alicyclic amines) is 1. The number of benzene rings is 2. The molecule has 0 unspecified atom stereocenters. The molecule has 0 saturated carbocycles. The second-order valence-electron chi connectivity index (χ2n) is 9.65. The van der Waals surface area contributed by atoms with E-state index in [2.05, 4.69) is 9.71 Å². The number of hydroxylamine groups is 1. The zero-order valence-corrected chi connectivity index (χ0v) is 21.7. The van der Waals surface area contributed by atoms with Crippen LogP contribution < -0.4 is 14.9 Å². The van der Waals surface area contributed by atoms with Gasteiger partial charge >= 0.3 is 0 Å². The largest absolute Gasteiger partial charge is 0.489 e. The van der Waals surface area contributed by atoms with E-state index >= 15 is 0 Å². The van der Waals surface area contributed by atoms with Crippen molar-refractivity contribution in [2.75, 3.05) is 13.1 Å². The Balaban J connectivity index is 1.46. The number of carbonyl (C=O) groups excluding carboxylic acids is 2. The molecule has 10 nitrogen and oxygen atoms in total. The third-order valence-corrected chi connectivity index (χ3v) is 7.82. The van der Waals surface area contributed by atoms with Crippen molar-refractivity contribution < 1.29 is 28.0 Å². The van der Waals surface area contributed by atoms with Crippen LogP contribution in [0.15, 0.2) is 59.5 Å². The molecule has 0 atom stereocenters. The van der Waals surface area contributed by atoms with Crippen molar-refractivity contribution >= 4 is 32.7 Å². The molecule has 2 heterocycles. The molecule has 11 heteroatoms. The van der Waals surface area contributed by atoms with E-state index in [9.17, 15) is 18.0 Å². The lowest BCUT2D eigenvalue weighted by Crippen LogP contribution is -2.72. The lowest BCUT2D eigenvalue weighted by molar-refractivity contribution is -0.146. The smallest absolute Gasteiger partial charge is 0.245 e. The molecule has 3 N–H and O–H groups in total. The Morgan fingerprint density at radius 3 is 2.46 bits per heavy atom. The fourth-order valence-corrected chi connectivity index (χ4v) is 5.88. The van der Waals surface area contributed by atoms with Gasteiger partial charge in [0.05, 0.1) is 22.4 Å². The predicted octanol–water partition coefficient (Wildman–Crippen LogP) is 2.53. The first kappa shape index (κ1) is 26.5. The Morgan fingerprint density at radius 1 is 1.14 bits per heavy atom. The molecule has 2 amide bonds. The number of amides is 2. The number of ether oxygens (including phenoxy) is 1. The number of rotatable bonds is 9. The van der Waals surface area contributed by atoms with Gasteiger partial charge in [0, 0.05) is 35.7 Å². The highest BCUT2D eigenvalue weighted by molar-refractivity contribution is 7.89. The third kappa shape index (κ3) is 5.90. The molecule has 0 spiro atoms. The minimum absolute atomic E-state index is 0.0116. The van der Waals surface area contributed by atoms with E-state index in [0.717, 1.165) is 22.2 Å². The van der Waals surface area contributed by atoms with E-state index in [1.807, 2.05) is 37.3 Å². The van der Waals surface area contributed by atoms with Gasteiger partial charge in [-0.2, -0.15) is 0 Å². The molecular formula is C26H30N4O6S. The number of pyridine rings is 1. The highest BCUT2D eigenvalue weighted by Crippen LogP contribution is 2.29. The van der Waals surface area contributed by atoms with Crippen LogP contribution in [0.3, 0.4) is 0 Å². The number of sulfonamides is 1. The predicted molar refractivity (Wildman–Crippen MR) is 136 cm³/mol. The van der Waals surface area contributed by atoms with Crippen molar-refractivity contribution in [1.29, 1.82) is 0 Å². The summed E-state index contributed by atoms with van der Waals surface area (Å²) in [4.78, 5) is 30.1. The first-order chi connectivity index (χ1) is 17.5. The van der Waals surface area contributed by atoms with Crippen molar-refractivity contribution in [1.82, 2.24) is 20.1 Å². The van der Waals surface area contributed by atoms with Gasteiger partial charge in [0.15, 0.2) is 0 Å². The second kappa shape index (κ2) is 10.4. The van der Waals surface area contributed by atoms with Gasteiger partial charge in [0.25, 0.3) is 0 Å². The molecule has 196 valence electrons. The number of hydrogen-bond acceptors (Lipinski definition) is 7. The Kier molecular flexibility index (Phi) is 7.49. The van der Waals surface area contributed by atoms with Crippen LogP contribution in [-0.2, 0) is 26.2 Å². The van der Waals surface area contributed by atoms with Gasteiger partial charge < -0.3 is 9.64 Å². The maximum absolute atomic E-state index is 13.1. The molecule has 1 fully saturated rings. The highest BCUT2D eigenvalue weighted by Gasteiger charge is 2.49. The van der Waals surface area contributed by atoms with Gasteiger partial charge in [0.2, 0.25) is 21.8 Å². The average molecular weight is 527 g/mol. The summed E-state index contributed by atoms with van der Waals surface area (Å²) in [5.74, 6) is -0.660. The summed E-state index contributed by atoms with van der Waals surface area (Å²) in [6.07, 6.45) is -0.314. The van der Waals surface area contributed by atoms with Crippen LogP contribution in [-0.4, -0.2) is 54.0 Å². The van der Waals surface area contributed by atoms with Gasteiger partial charge in [-0.05, 0) is 43.3 Å². The van der Waals surface area contributed by atoms with Gasteiger partial charge in [-0.15, -0.1) is 0 Å². The summed E-state index contributed by atoms with van der Waals surface area (Å²) in [6.45, 7) is 5.74. The number of hydrogen-bond donors (Lipinski definition) is 3. The lowest BCUT2D eigenvalue weighted by atomic mass is 9.86. The quantitative estimate of drug-likeness (QED) is 0.288. The SMILES string of the molecule is Cc1cc(COc2ccc(S(=O)(=O)NC3(CC(=O)NO)CN(C(=O)C(C)C)C3)cc2)c2ccccc2n1. The molecule has 1 aliphatic rings. The average Bonchev–Trinajstić information content (AvgIpc) is 2.84. The number of nitrogens with one attached hydrogen (secondary N) is 2. The summed E-state index contributed by atoms with van der Waals surface area (Å²) < 4.78 is 34.8. The zero-order chi connectivity index (χ0) is 26.8. The summed E-state index contributed by atoms with van der Waals surface area (Å²) in [5, 5.41) is 9.94. The van der Waals surface area contributed by atoms with Gasteiger partial charge in [-0.3, -0.25) is 19.8 Å². The van der Waals surface area contributed by atoms with Gasteiger partial charge in [-0.1, -0.05) is 32.0 Å². The molecule has 0 bridgehead atoms. The summed E-state index contributed by atoms with van der Waals surface area (Å²) >= 11 is 0.